The second-order valence-electron chi connectivity index (χ2n) is 4.61. The molecule has 2 N–H and O–H groups in total. The maximum absolute atomic E-state index is 11.3. The Morgan fingerprint density at radius 2 is 2.00 bits per heavy atom. The quantitative estimate of drug-likeness (QED) is 0.685. The largest absolute Gasteiger partial charge is 0.480 e. The second-order valence-corrected chi connectivity index (χ2v) is 6.42. The Labute approximate surface area is 88.9 Å². The van der Waals surface area contributed by atoms with Gasteiger partial charge in [0.15, 0.2) is 5.75 Å². The molecule has 2 aliphatic rings. The van der Waals surface area contributed by atoms with Gasteiger partial charge in [-0.25, -0.2) is 13.1 Å². The molecule has 0 bridgehead atoms. The average Bonchev–Trinajstić information content (AvgIpc) is 2.94. The Balaban J connectivity index is 1.84. The van der Waals surface area contributed by atoms with Gasteiger partial charge in [-0.1, -0.05) is 0 Å². The van der Waals surface area contributed by atoms with Crippen LogP contribution in [0.3, 0.4) is 0 Å². The summed E-state index contributed by atoms with van der Waals surface area (Å²) in [5.74, 6) is -1.46. The maximum Gasteiger partial charge on any atom is 0.320 e. The fraction of sp³-hybridized carbons (Fsp3) is 0.889. The Kier molecular flexibility index (Phi) is 2.50. The summed E-state index contributed by atoms with van der Waals surface area (Å²) < 4.78 is 24.9. The highest BCUT2D eigenvalue weighted by Crippen LogP contribution is 2.60. The highest BCUT2D eigenvalue weighted by atomic mass is 32.2. The fourth-order valence-electron chi connectivity index (χ4n) is 2.05. The Morgan fingerprint density at radius 1 is 1.40 bits per heavy atom. The summed E-state index contributed by atoms with van der Waals surface area (Å²) in [4.78, 5) is 10.3. The highest BCUT2D eigenvalue weighted by molar-refractivity contribution is 7.90. The molecule has 2 aliphatic carbocycles. The van der Waals surface area contributed by atoms with Gasteiger partial charge in [-0.05, 0) is 37.0 Å². The van der Waals surface area contributed by atoms with Crippen LogP contribution >= 0.6 is 0 Å². The van der Waals surface area contributed by atoms with E-state index in [-0.39, 0.29) is 5.41 Å². The maximum atomic E-state index is 11.3. The van der Waals surface area contributed by atoms with Gasteiger partial charge in [0.2, 0.25) is 10.0 Å². The standard InChI is InChI=1S/C9H15NO4S/c11-8(12)5-15(13,14)10-6-9(3-4-9)7-1-2-7/h7,10H,1-6H2,(H,11,12). The van der Waals surface area contributed by atoms with Crippen LogP contribution in [-0.4, -0.2) is 31.8 Å². The molecule has 0 aromatic carbocycles. The molecule has 2 saturated carbocycles. The van der Waals surface area contributed by atoms with Crippen molar-refractivity contribution in [2.24, 2.45) is 11.3 Å². The zero-order valence-electron chi connectivity index (χ0n) is 8.40. The minimum Gasteiger partial charge on any atom is -0.480 e. The highest BCUT2D eigenvalue weighted by Gasteiger charge is 2.53. The molecule has 0 amide bonds. The van der Waals surface area contributed by atoms with E-state index in [0.29, 0.717) is 12.5 Å². The molecule has 0 aromatic heterocycles. The number of carbonyl (C=O) groups is 1. The minimum atomic E-state index is -3.63. The molecule has 0 saturated heterocycles. The van der Waals surface area contributed by atoms with Crippen molar-refractivity contribution in [1.82, 2.24) is 4.72 Å². The van der Waals surface area contributed by atoms with Crippen LogP contribution in [0.4, 0.5) is 0 Å². The number of rotatable bonds is 6. The van der Waals surface area contributed by atoms with Crippen LogP contribution < -0.4 is 4.72 Å². The van der Waals surface area contributed by atoms with Crippen molar-refractivity contribution in [2.75, 3.05) is 12.3 Å². The van der Waals surface area contributed by atoms with Crippen molar-refractivity contribution in [1.29, 1.82) is 0 Å². The molecule has 6 heteroatoms. The predicted molar refractivity (Wildman–Crippen MR) is 53.8 cm³/mol. The van der Waals surface area contributed by atoms with Crippen molar-refractivity contribution >= 4 is 16.0 Å². The van der Waals surface area contributed by atoms with Crippen LogP contribution in [0.15, 0.2) is 0 Å². The van der Waals surface area contributed by atoms with Gasteiger partial charge in [-0.3, -0.25) is 4.79 Å². The lowest BCUT2D eigenvalue weighted by Crippen LogP contribution is -2.35. The summed E-state index contributed by atoms with van der Waals surface area (Å²) in [5, 5.41) is 8.40. The summed E-state index contributed by atoms with van der Waals surface area (Å²) in [6.45, 7) is 0.424. The first kappa shape index (κ1) is 10.9. The van der Waals surface area contributed by atoms with Gasteiger partial charge in [0, 0.05) is 6.54 Å². The number of carboxylic acid groups (broad SMARTS) is 1. The van der Waals surface area contributed by atoms with Crippen LogP contribution in [-0.2, 0) is 14.8 Å². The second kappa shape index (κ2) is 3.45. The molecule has 5 nitrogen and oxygen atoms in total. The van der Waals surface area contributed by atoms with E-state index in [4.69, 9.17) is 5.11 Å². The Bertz CT molecular complexity index is 368. The summed E-state index contributed by atoms with van der Waals surface area (Å²) >= 11 is 0. The molecule has 0 spiro atoms. The summed E-state index contributed by atoms with van der Waals surface area (Å²) in [6, 6.07) is 0. The van der Waals surface area contributed by atoms with Gasteiger partial charge >= 0.3 is 5.97 Å². The van der Waals surface area contributed by atoms with E-state index in [2.05, 4.69) is 4.72 Å². The van der Waals surface area contributed by atoms with Gasteiger partial charge in [-0.15, -0.1) is 0 Å². The van der Waals surface area contributed by atoms with Crippen molar-refractivity contribution in [3.63, 3.8) is 0 Å². The topological polar surface area (TPSA) is 83.5 Å². The van der Waals surface area contributed by atoms with Gasteiger partial charge in [0.05, 0.1) is 0 Å². The van der Waals surface area contributed by atoms with Crippen molar-refractivity contribution in [3.05, 3.63) is 0 Å². The molecule has 86 valence electrons. The van der Waals surface area contributed by atoms with Crippen molar-refractivity contribution in [2.45, 2.75) is 25.7 Å². The monoisotopic (exact) mass is 233 g/mol. The van der Waals surface area contributed by atoms with E-state index >= 15 is 0 Å². The van der Waals surface area contributed by atoms with E-state index in [0.717, 1.165) is 12.8 Å². The lowest BCUT2D eigenvalue weighted by atomic mass is 10.0. The van der Waals surface area contributed by atoms with Crippen molar-refractivity contribution < 1.29 is 18.3 Å². The average molecular weight is 233 g/mol. The van der Waals surface area contributed by atoms with E-state index in [1.54, 1.807) is 0 Å². The first-order valence-electron chi connectivity index (χ1n) is 5.13. The third-order valence-electron chi connectivity index (χ3n) is 3.29. The molecule has 0 aliphatic heterocycles. The smallest absolute Gasteiger partial charge is 0.320 e. The molecule has 0 radical (unpaired) electrons. The molecule has 0 atom stereocenters. The van der Waals surface area contributed by atoms with Gasteiger partial charge in [-0.2, -0.15) is 0 Å². The lowest BCUT2D eigenvalue weighted by molar-refractivity contribution is -0.134. The number of carboxylic acids is 1. The Morgan fingerprint density at radius 3 is 2.40 bits per heavy atom. The lowest BCUT2D eigenvalue weighted by Gasteiger charge is -2.14. The van der Waals surface area contributed by atoms with E-state index in [1.807, 2.05) is 0 Å². The molecule has 2 fully saturated rings. The molecular weight excluding hydrogens is 218 g/mol. The molecule has 2 rings (SSSR count). The summed E-state index contributed by atoms with van der Waals surface area (Å²) in [7, 11) is -3.63. The van der Waals surface area contributed by atoms with E-state index < -0.39 is 21.7 Å². The zero-order chi connectivity index (χ0) is 11.1. The minimum absolute atomic E-state index is 0.172. The summed E-state index contributed by atoms with van der Waals surface area (Å²) in [5.41, 5.74) is 0.172. The molecule has 0 heterocycles. The number of nitrogens with one attached hydrogen (secondary N) is 1. The van der Waals surface area contributed by atoms with Crippen LogP contribution in [0, 0.1) is 11.3 Å². The van der Waals surface area contributed by atoms with E-state index in [1.165, 1.54) is 12.8 Å². The fourth-order valence-corrected chi connectivity index (χ4v) is 2.99. The van der Waals surface area contributed by atoms with Crippen LogP contribution in [0.2, 0.25) is 0 Å². The van der Waals surface area contributed by atoms with Crippen molar-refractivity contribution in [3.8, 4) is 0 Å². The normalized spacial score (nSPS) is 23.7. The zero-order valence-corrected chi connectivity index (χ0v) is 9.22. The van der Waals surface area contributed by atoms with Gasteiger partial charge in [0.1, 0.15) is 0 Å². The van der Waals surface area contributed by atoms with Crippen LogP contribution in [0.1, 0.15) is 25.7 Å². The third-order valence-corrected chi connectivity index (χ3v) is 4.50. The Hall–Kier alpha value is -0.620. The predicted octanol–water partition coefficient (Wildman–Crippen LogP) is 0.181. The molecule has 15 heavy (non-hydrogen) atoms. The van der Waals surface area contributed by atoms with Gasteiger partial charge < -0.3 is 5.11 Å². The molecule has 0 aromatic rings. The summed E-state index contributed by atoms with van der Waals surface area (Å²) in [6.07, 6.45) is 4.54. The number of aliphatic carboxylic acids is 1. The number of hydrogen-bond acceptors (Lipinski definition) is 3. The molecule has 0 unspecified atom stereocenters. The van der Waals surface area contributed by atoms with E-state index in [9.17, 15) is 13.2 Å². The first-order valence-corrected chi connectivity index (χ1v) is 6.78. The van der Waals surface area contributed by atoms with Crippen LogP contribution in [0.5, 0.6) is 0 Å². The molecular formula is C9H15NO4S. The first-order chi connectivity index (χ1) is 6.94. The van der Waals surface area contributed by atoms with Crippen LogP contribution in [0.25, 0.3) is 0 Å². The number of sulfonamides is 1. The third kappa shape index (κ3) is 2.69. The number of hydrogen-bond donors (Lipinski definition) is 2. The van der Waals surface area contributed by atoms with Gasteiger partial charge in [0.25, 0.3) is 0 Å². The SMILES string of the molecule is O=C(O)CS(=O)(=O)NCC1(C2CC2)CC1.